The summed E-state index contributed by atoms with van der Waals surface area (Å²) in [4.78, 5) is 39.6. The maximum Gasteiger partial charge on any atom is 0.306 e. The highest BCUT2D eigenvalue weighted by molar-refractivity contribution is 5.70. The number of rotatable bonds is 51. The van der Waals surface area contributed by atoms with Gasteiger partial charge in [-0.2, -0.15) is 0 Å². The van der Waals surface area contributed by atoms with Crippen molar-refractivity contribution in [1.29, 1.82) is 0 Å². The summed E-state index contributed by atoms with van der Waals surface area (Å²) in [6.07, 6.45) is 48.4. The average molecular weight is 907 g/mol. The van der Waals surface area contributed by atoms with Crippen molar-refractivity contribution in [1.82, 2.24) is 4.90 Å². The summed E-state index contributed by atoms with van der Waals surface area (Å²) in [5, 5.41) is 0. The van der Waals surface area contributed by atoms with E-state index < -0.39 is 0 Å². The van der Waals surface area contributed by atoms with E-state index in [0.717, 1.165) is 115 Å². The van der Waals surface area contributed by atoms with Crippen LogP contribution >= 0.6 is 0 Å². The number of carbonyl (C=O) groups is 3. The van der Waals surface area contributed by atoms with Crippen molar-refractivity contribution >= 4 is 17.9 Å². The normalized spacial score (nSPS) is 11.7. The summed E-state index contributed by atoms with van der Waals surface area (Å²) in [6, 6.07) is 0. The molecule has 380 valence electrons. The van der Waals surface area contributed by atoms with Crippen LogP contribution in [0.2, 0.25) is 0 Å². The van der Waals surface area contributed by atoms with E-state index in [1.165, 1.54) is 154 Å². The van der Waals surface area contributed by atoms with Gasteiger partial charge in [-0.1, -0.05) is 207 Å². The van der Waals surface area contributed by atoms with Gasteiger partial charge in [0.1, 0.15) is 6.10 Å². The van der Waals surface area contributed by atoms with Gasteiger partial charge in [0.05, 0.1) is 13.2 Å². The minimum atomic E-state index is -0.0712. The largest absolute Gasteiger partial charge is 0.466 e. The molecule has 0 aromatic heterocycles. The average Bonchev–Trinajstić information content (AvgIpc) is 3.27. The highest BCUT2D eigenvalue weighted by Gasteiger charge is 2.15. The second-order valence-corrected chi connectivity index (χ2v) is 20.2. The molecule has 0 bridgehead atoms. The monoisotopic (exact) mass is 906 g/mol. The van der Waals surface area contributed by atoms with E-state index >= 15 is 0 Å². The van der Waals surface area contributed by atoms with Crippen LogP contribution in [0.25, 0.3) is 0 Å². The molecule has 64 heavy (non-hydrogen) atoms. The molecule has 0 saturated heterocycles. The first-order valence-corrected chi connectivity index (χ1v) is 28.4. The predicted molar refractivity (Wildman–Crippen MR) is 274 cm³/mol. The van der Waals surface area contributed by atoms with Crippen LogP contribution in [0.1, 0.15) is 297 Å². The molecule has 0 aromatic carbocycles. The van der Waals surface area contributed by atoms with Gasteiger partial charge in [-0.25, -0.2) is 0 Å². The number of carbonyl (C=O) groups excluding carboxylic acids is 3. The first-order chi connectivity index (χ1) is 31.2. The van der Waals surface area contributed by atoms with E-state index in [1.54, 1.807) is 0 Å². The first kappa shape index (κ1) is 62.4. The van der Waals surface area contributed by atoms with Crippen molar-refractivity contribution in [3.05, 3.63) is 0 Å². The van der Waals surface area contributed by atoms with Crippen LogP contribution in [0.15, 0.2) is 0 Å². The molecule has 0 radical (unpaired) electrons. The van der Waals surface area contributed by atoms with E-state index in [9.17, 15) is 14.4 Å². The zero-order chi connectivity index (χ0) is 47.0. The molecule has 7 heteroatoms. The Kier molecular flexibility index (Phi) is 48.0. The van der Waals surface area contributed by atoms with E-state index in [-0.39, 0.29) is 24.0 Å². The molecule has 0 unspecified atom stereocenters. The van der Waals surface area contributed by atoms with E-state index in [1.807, 2.05) is 14.1 Å². The molecule has 0 aliphatic rings. The second kappa shape index (κ2) is 49.3. The molecule has 0 fully saturated rings. The summed E-state index contributed by atoms with van der Waals surface area (Å²) >= 11 is 0. The van der Waals surface area contributed by atoms with E-state index in [2.05, 4.69) is 32.6 Å². The van der Waals surface area contributed by atoms with Crippen LogP contribution in [0, 0.1) is 11.8 Å². The third-order valence-corrected chi connectivity index (χ3v) is 13.5. The topological polar surface area (TPSA) is 82.1 Å². The Morgan fingerprint density at radius 3 is 1.00 bits per heavy atom. The lowest BCUT2D eigenvalue weighted by atomic mass is 9.90. The van der Waals surface area contributed by atoms with Crippen LogP contribution in [0.5, 0.6) is 0 Å². The number of nitrogens with zero attached hydrogens (tertiary/aromatic N) is 1. The van der Waals surface area contributed by atoms with Gasteiger partial charge in [0, 0.05) is 19.3 Å². The Bertz CT molecular complexity index is 915. The molecule has 0 aromatic rings. The number of hydrogen-bond acceptors (Lipinski definition) is 7. The quantitative estimate of drug-likeness (QED) is 0.0342. The Hall–Kier alpha value is -1.63. The highest BCUT2D eigenvalue weighted by atomic mass is 16.5. The lowest BCUT2D eigenvalue weighted by molar-refractivity contribution is -0.150. The lowest BCUT2D eigenvalue weighted by Gasteiger charge is -2.18. The lowest BCUT2D eigenvalue weighted by Crippen LogP contribution is -2.20. The number of esters is 3. The zero-order valence-electron chi connectivity index (χ0n) is 43.9. The van der Waals surface area contributed by atoms with Crippen molar-refractivity contribution in [3.8, 4) is 0 Å². The fourth-order valence-corrected chi connectivity index (χ4v) is 9.28. The fourth-order valence-electron chi connectivity index (χ4n) is 9.28. The van der Waals surface area contributed by atoms with Crippen LogP contribution in [0.3, 0.4) is 0 Å². The van der Waals surface area contributed by atoms with Gasteiger partial charge in [-0.15, -0.1) is 0 Å². The van der Waals surface area contributed by atoms with Gasteiger partial charge in [0.25, 0.3) is 0 Å². The molecule has 7 nitrogen and oxygen atoms in total. The Morgan fingerprint density at radius 1 is 0.344 bits per heavy atom. The fraction of sp³-hybridized carbons (Fsp3) is 0.947. The molecule has 0 rings (SSSR count). The molecule has 0 aliphatic carbocycles. The smallest absolute Gasteiger partial charge is 0.306 e. The van der Waals surface area contributed by atoms with E-state index in [4.69, 9.17) is 14.2 Å². The molecule has 0 saturated carbocycles. The summed E-state index contributed by atoms with van der Waals surface area (Å²) in [5.74, 6) is 1.54. The van der Waals surface area contributed by atoms with Gasteiger partial charge >= 0.3 is 17.9 Å². The van der Waals surface area contributed by atoms with Crippen molar-refractivity contribution in [2.45, 2.75) is 303 Å². The molecular weight excluding hydrogens is 795 g/mol. The van der Waals surface area contributed by atoms with Crippen molar-refractivity contribution < 1.29 is 28.6 Å². The Labute approximate surface area is 399 Å². The first-order valence-electron chi connectivity index (χ1n) is 28.4. The number of ether oxygens (including phenoxy) is 3. The molecule has 0 amide bonds. The van der Waals surface area contributed by atoms with Crippen LogP contribution in [0.4, 0.5) is 0 Å². The molecular formula is C57H111NO6. The zero-order valence-corrected chi connectivity index (χ0v) is 43.9. The van der Waals surface area contributed by atoms with Crippen LogP contribution in [-0.4, -0.2) is 62.8 Å². The minimum Gasteiger partial charge on any atom is -0.466 e. The molecule has 0 spiro atoms. The van der Waals surface area contributed by atoms with Gasteiger partial charge in [0.2, 0.25) is 0 Å². The molecule has 0 N–H and O–H groups in total. The maximum atomic E-state index is 12.7. The summed E-state index contributed by atoms with van der Waals surface area (Å²) in [6.45, 7) is 11.2. The van der Waals surface area contributed by atoms with Crippen molar-refractivity contribution in [3.63, 3.8) is 0 Å². The van der Waals surface area contributed by atoms with Gasteiger partial charge in [0.15, 0.2) is 0 Å². The van der Waals surface area contributed by atoms with Crippen molar-refractivity contribution in [2.24, 2.45) is 11.8 Å². The number of hydrogen-bond donors (Lipinski definition) is 0. The summed E-state index contributed by atoms with van der Waals surface area (Å²) in [5.41, 5.74) is 0. The van der Waals surface area contributed by atoms with Gasteiger partial charge in [-0.05, 0) is 103 Å². The maximum absolute atomic E-state index is 12.7. The molecule has 0 heterocycles. The summed E-state index contributed by atoms with van der Waals surface area (Å²) in [7, 11) is 4.07. The predicted octanol–water partition coefficient (Wildman–Crippen LogP) is 17.2. The van der Waals surface area contributed by atoms with Crippen LogP contribution < -0.4 is 0 Å². The van der Waals surface area contributed by atoms with Crippen LogP contribution in [-0.2, 0) is 28.6 Å². The third kappa shape index (κ3) is 45.5. The molecule has 0 aliphatic heterocycles. The Balaban J connectivity index is 4.29. The van der Waals surface area contributed by atoms with E-state index in [0.29, 0.717) is 32.5 Å². The van der Waals surface area contributed by atoms with Gasteiger partial charge in [-0.3, -0.25) is 14.4 Å². The van der Waals surface area contributed by atoms with Crippen molar-refractivity contribution in [2.75, 3.05) is 33.9 Å². The standard InChI is InChI=1S/C57H111NO6/c1-7-11-15-25-38-52(39-26-16-12-8-2)42-33-35-50-62-55(59)46-31-23-19-21-29-44-54(64-57(61)48-37-49-58(5)6)45-30-22-20-24-32-47-56(60)63-51-36-34-43-53(40-27-17-13-9-3)41-28-18-14-10-4/h52-54H,7-51H2,1-6H3. The minimum absolute atomic E-state index is 0.0217. The third-order valence-electron chi connectivity index (χ3n) is 13.5. The Morgan fingerprint density at radius 2 is 0.641 bits per heavy atom. The molecule has 0 atom stereocenters. The number of unbranched alkanes of at least 4 members (excludes halogenated alkanes) is 22. The van der Waals surface area contributed by atoms with Gasteiger partial charge < -0.3 is 19.1 Å². The SMILES string of the molecule is CCCCCCC(CCCCCC)CCCCOC(=O)CCCCCCCC(CCCCCCCC(=O)OCCCCC(CCCCCC)CCCCCC)OC(=O)CCCN(C)C. The highest BCUT2D eigenvalue weighted by Crippen LogP contribution is 2.25. The second-order valence-electron chi connectivity index (χ2n) is 20.2. The summed E-state index contributed by atoms with van der Waals surface area (Å²) < 4.78 is 17.2.